The summed E-state index contributed by atoms with van der Waals surface area (Å²) >= 11 is 0. The van der Waals surface area contributed by atoms with Crippen LogP contribution in [0.1, 0.15) is 0 Å². The van der Waals surface area contributed by atoms with Gasteiger partial charge in [0.1, 0.15) is 11.4 Å². The number of aromatic nitrogens is 5. The van der Waals surface area contributed by atoms with Crippen LogP contribution in [-0.4, -0.2) is 45.7 Å². The Bertz CT molecular complexity index is 759. The van der Waals surface area contributed by atoms with Crippen molar-refractivity contribution in [2.45, 2.75) is 0 Å². The first-order valence-electron chi connectivity index (χ1n) is 6.80. The smallest absolute Gasteiger partial charge is 0.335 e. The van der Waals surface area contributed by atoms with Crippen LogP contribution in [0.25, 0.3) is 16.9 Å². The lowest BCUT2D eigenvalue weighted by molar-refractivity contribution is 0.0515. The maximum Gasteiger partial charge on any atom is 0.335 e. The summed E-state index contributed by atoms with van der Waals surface area (Å²) in [5.74, 6) is 0.610. The average Bonchev–Trinajstić information content (AvgIpc) is 3.14. The molecule has 0 radical (unpaired) electrons. The lowest BCUT2D eigenvalue weighted by atomic mass is 10.1. The first-order chi connectivity index (χ1) is 11.3. The molecule has 0 N–H and O–H groups in total. The van der Waals surface area contributed by atoms with Crippen molar-refractivity contribution >= 4 is 0 Å². The first-order valence-corrected chi connectivity index (χ1v) is 6.80. The van der Waals surface area contributed by atoms with E-state index in [-0.39, 0.29) is 12.8 Å². The molecule has 0 fully saturated rings. The second-order valence-electron chi connectivity index (χ2n) is 4.53. The van der Waals surface area contributed by atoms with Gasteiger partial charge in [0.25, 0.3) is 0 Å². The molecule has 0 saturated carbocycles. The lowest BCUT2D eigenvalue weighted by Crippen LogP contribution is -2.03. The number of imidazole rings is 1. The minimum Gasteiger partial charge on any atom is -0.467 e. The number of methoxy groups -OCH3 is 2. The van der Waals surface area contributed by atoms with E-state index in [0.717, 1.165) is 11.3 Å². The zero-order valence-corrected chi connectivity index (χ0v) is 12.7. The van der Waals surface area contributed by atoms with Gasteiger partial charge in [-0.15, -0.1) is 5.10 Å². The molecule has 2 heterocycles. The standard InChI is InChI=1S/C15H15N5O3/c1-21-10-23-14-7-11(20-6-5-16-9-20)3-4-12(14)13-8-17-15(22-2)19-18-13/h3-9H,10H2,1-2H3. The summed E-state index contributed by atoms with van der Waals surface area (Å²) in [6.07, 6.45) is 6.86. The van der Waals surface area contributed by atoms with Crippen LogP contribution in [0.5, 0.6) is 11.8 Å². The maximum absolute atomic E-state index is 5.65. The molecule has 0 unspecified atom stereocenters. The van der Waals surface area contributed by atoms with Crippen molar-refractivity contribution in [3.8, 4) is 28.7 Å². The molecule has 0 atom stereocenters. The summed E-state index contributed by atoms with van der Waals surface area (Å²) in [6.45, 7) is 0.122. The minimum atomic E-state index is 0.122. The van der Waals surface area contributed by atoms with Gasteiger partial charge in [0.05, 0.1) is 25.3 Å². The highest BCUT2D eigenvalue weighted by atomic mass is 16.7. The van der Waals surface area contributed by atoms with E-state index in [0.29, 0.717) is 11.4 Å². The summed E-state index contributed by atoms with van der Waals surface area (Å²) in [5, 5.41) is 7.99. The van der Waals surface area contributed by atoms with Gasteiger partial charge in [0.15, 0.2) is 6.79 Å². The summed E-state index contributed by atoms with van der Waals surface area (Å²) in [6, 6.07) is 5.91. The average molecular weight is 313 g/mol. The predicted molar refractivity (Wildman–Crippen MR) is 81.4 cm³/mol. The van der Waals surface area contributed by atoms with Crippen molar-refractivity contribution in [1.29, 1.82) is 0 Å². The molecule has 3 rings (SSSR count). The zero-order chi connectivity index (χ0) is 16.1. The van der Waals surface area contributed by atoms with E-state index in [1.54, 1.807) is 25.8 Å². The third-order valence-electron chi connectivity index (χ3n) is 3.10. The van der Waals surface area contributed by atoms with E-state index >= 15 is 0 Å². The Morgan fingerprint density at radius 2 is 2.09 bits per heavy atom. The zero-order valence-electron chi connectivity index (χ0n) is 12.7. The fourth-order valence-electron chi connectivity index (χ4n) is 2.02. The third-order valence-corrected chi connectivity index (χ3v) is 3.10. The van der Waals surface area contributed by atoms with Crippen molar-refractivity contribution in [3.63, 3.8) is 0 Å². The van der Waals surface area contributed by atoms with Crippen molar-refractivity contribution in [2.24, 2.45) is 0 Å². The number of hydrogen-bond acceptors (Lipinski definition) is 7. The molecule has 0 aliphatic rings. The summed E-state index contributed by atoms with van der Waals surface area (Å²) in [7, 11) is 3.05. The largest absolute Gasteiger partial charge is 0.467 e. The molecule has 8 nitrogen and oxygen atoms in total. The van der Waals surface area contributed by atoms with Gasteiger partial charge in [-0.3, -0.25) is 0 Å². The van der Waals surface area contributed by atoms with Crippen molar-refractivity contribution in [1.82, 2.24) is 24.7 Å². The molecular weight excluding hydrogens is 298 g/mol. The van der Waals surface area contributed by atoms with E-state index in [1.165, 1.54) is 7.11 Å². The van der Waals surface area contributed by atoms with Gasteiger partial charge < -0.3 is 18.8 Å². The molecule has 118 valence electrons. The maximum atomic E-state index is 5.65. The van der Waals surface area contributed by atoms with E-state index in [2.05, 4.69) is 20.2 Å². The van der Waals surface area contributed by atoms with Crippen LogP contribution in [0.2, 0.25) is 0 Å². The molecule has 0 aliphatic carbocycles. The fourth-order valence-corrected chi connectivity index (χ4v) is 2.02. The Morgan fingerprint density at radius 1 is 1.17 bits per heavy atom. The monoisotopic (exact) mass is 313 g/mol. The molecule has 1 aromatic carbocycles. The van der Waals surface area contributed by atoms with E-state index in [4.69, 9.17) is 14.2 Å². The van der Waals surface area contributed by atoms with E-state index < -0.39 is 0 Å². The van der Waals surface area contributed by atoms with Gasteiger partial charge >= 0.3 is 6.01 Å². The number of benzene rings is 1. The lowest BCUT2D eigenvalue weighted by Gasteiger charge is -2.12. The highest BCUT2D eigenvalue weighted by molar-refractivity contribution is 5.68. The van der Waals surface area contributed by atoms with Crippen LogP contribution < -0.4 is 9.47 Å². The van der Waals surface area contributed by atoms with Gasteiger partial charge in [0.2, 0.25) is 0 Å². The topological polar surface area (TPSA) is 84.2 Å². The highest BCUT2D eigenvalue weighted by Crippen LogP contribution is 2.30. The van der Waals surface area contributed by atoms with Gasteiger partial charge in [-0.2, -0.15) is 0 Å². The van der Waals surface area contributed by atoms with Crippen LogP contribution in [0.4, 0.5) is 0 Å². The predicted octanol–water partition coefficient (Wildman–Crippen LogP) is 1.72. The van der Waals surface area contributed by atoms with Crippen LogP contribution >= 0.6 is 0 Å². The Morgan fingerprint density at radius 3 is 2.74 bits per heavy atom. The minimum absolute atomic E-state index is 0.122. The van der Waals surface area contributed by atoms with Crippen LogP contribution in [0, 0.1) is 0 Å². The Balaban J connectivity index is 2.00. The second-order valence-corrected chi connectivity index (χ2v) is 4.53. The van der Waals surface area contributed by atoms with E-state index in [9.17, 15) is 0 Å². The summed E-state index contributed by atoms with van der Waals surface area (Å²) < 4.78 is 17.4. The highest BCUT2D eigenvalue weighted by Gasteiger charge is 2.11. The molecule has 0 bridgehead atoms. The Kier molecular flexibility index (Phi) is 4.44. The van der Waals surface area contributed by atoms with Crippen LogP contribution in [0.3, 0.4) is 0 Å². The number of hydrogen-bond donors (Lipinski definition) is 0. The SMILES string of the molecule is COCOc1cc(-n2ccnc2)ccc1-c1cnc(OC)nn1. The van der Waals surface area contributed by atoms with Gasteiger partial charge in [-0.05, 0) is 12.1 Å². The quantitative estimate of drug-likeness (QED) is 0.640. The number of ether oxygens (including phenoxy) is 3. The first kappa shape index (κ1) is 14.9. The molecule has 0 amide bonds. The molecule has 23 heavy (non-hydrogen) atoms. The molecule has 2 aromatic heterocycles. The summed E-state index contributed by atoms with van der Waals surface area (Å²) in [4.78, 5) is 8.11. The summed E-state index contributed by atoms with van der Waals surface area (Å²) in [5.41, 5.74) is 2.24. The molecule has 8 heteroatoms. The van der Waals surface area contributed by atoms with Gasteiger partial charge in [-0.25, -0.2) is 9.97 Å². The van der Waals surface area contributed by atoms with Gasteiger partial charge in [0, 0.05) is 31.1 Å². The number of nitrogens with zero attached hydrogens (tertiary/aromatic N) is 5. The third kappa shape index (κ3) is 3.27. The fraction of sp³-hybridized carbons (Fsp3) is 0.200. The molecular formula is C15H15N5O3. The second kappa shape index (κ2) is 6.84. The normalized spacial score (nSPS) is 10.5. The van der Waals surface area contributed by atoms with E-state index in [1.807, 2.05) is 29.0 Å². The van der Waals surface area contributed by atoms with Crippen molar-refractivity contribution in [3.05, 3.63) is 43.1 Å². The number of rotatable bonds is 6. The molecule has 0 aliphatic heterocycles. The Labute approximate surface area is 132 Å². The molecule has 3 aromatic rings. The van der Waals surface area contributed by atoms with Crippen LogP contribution in [0.15, 0.2) is 43.1 Å². The molecule has 0 saturated heterocycles. The van der Waals surface area contributed by atoms with Crippen molar-refractivity contribution in [2.75, 3.05) is 21.0 Å². The van der Waals surface area contributed by atoms with Crippen molar-refractivity contribution < 1.29 is 14.2 Å². The van der Waals surface area contributed by atoms with Crippen LogP contribution in [-0.2, 0) is 4.74 Å². The Hall–Kier alpha value is -3.00. The van der Waals surface area contributed by atoms with Gasteiger partial charge in [-0.1, -0.05) is 5.10 Å². The molecule has 0 spiro atoms.